The lowest BCUT2D eigenvalue weighted by molar-refractivity contribution is -0.123. The number of hydrogen-bond donors (Lipinski definition) is 1. The number of nitrogens with one attached hydrogen (secondary N) is 1. The third-order valence-corrected chi connectivity index (χ3v) is 4.41. The third kappa shape index (κ3) is 4.05. The smallest absolute Gasteiger partial charge is 0.246 e. The summed E-state index contributed by atoms with van der Waals surface area (Å²) in [6.45, 7) is 2.48. The van der Waals surface area contributed by atoms with Gasteiger partial charge in [-0.25, -0.2) is 0 Å². The molecule has 1 aromatic carbocycles. The minimum Gasteiger partial charge on any atom is -0.379 e. The van der Waals surface area contributed by atoms with E-state index in [1.165, 1.54) is 0 Å². The Morgan fingerprint density at radius 3 is 2.71 bits per heavy atom. The minimum absolute atomic E-state index is 0.158. The Balaban J connectivity index is 1.90. The van der Waals surface area contributed by atoms with Crippen molar-refractivity contribution < 1.29 is 9.53 Å². The molecule has 1 aliphatic heterocycles. The molecule has 3 rings (SSSR count). The zero-order valence-corrected chi connectivity index (χ0v) is 14.4. The van der Waals surface area contributed by atoms with Crippen LogP contribution in [0.4, 0.5) is 5.69 Å². The van der Waals surface area contributed by atoms with Crippen LogP contribution in [-0.4, -0.2) is 42.1 Å². The van der Waals surface area contributed by atoms with Crippen molar-refractivity contribution in [3.8, 4) is 0 Å². The van der Waals surface area contributed by atoms with Crippen LogP contribution in [0, 0.1) is 0 Å². The second-order valence-electron chi connectivity index (χ2n) is 5.45. The molecule has 5 nitrogen and oxygen atoms in total. The van der Waals surface area contributed by atoms with Gasteiger partial charge >= 0.3 is 0 Å². The molecule has 1 N–H and O–H groups in total. The van der Waals surface area contributed by atoms with Crippen molar-refractivity contribution >= 4 is 34.8 Å². The molecule has 2 aromatic rings. The molecule has 126 valence electrons. The van der Waals surface area contributed by atoms with Crippen LogP contribution in [0.2, 0.25) is 10.0 Å². The number of nitrogens with zero attached hydrogens (tertiary/aromatic N) is 2. The zero-order valence-electron chi connectivity index (χ0n) is 12.9. The van der Waals surface area contributed by atoms with Gasteiger partial charge < -0.3 is 10.1 Å². The van der Waals surface area contributed by atoms with Gasteiger partial charge in [0.05, 0.1) is 25.1 Å². The maximum absolute atomic E-state index is 12.9. The number of carbonyl (C=O) groups excluding carboxylic acids is 1. The summed E-state index contributed by atoms with van der Waals surface area (Å²) in [4.78, 5) is 19.0. The van der Waals surface area contributed by atoms with E-state index in [-0.39, 0.29) is 5.91 Å². The van der Waals surface area contributed by atoms with Crippen molar-refractivity contribution in [3.63, 3.8) is 0 Å². The summed E-state index contributed by atoms with van der Waals surface area (Å²) >= 11 is 12.3. The summed E-state index contributed by atoms with van der Waals surface area (Å²) in [5.41, 5.74) is 1.37. The van der Waals surface area contributed by atoms with E-state index in [1.807, 2.05) is 0 Å². The van der Waals surface area contributed by atoms with Crippen LogP contribution in [0.5, 0.6) is 0 Å². The largest absolute Gasteiger partial charge is 0.379 e. The Hall–Kier alpha value is -1.66. The van der Waals surface area contributed by atoms with Crippen LogP contribution in [-0.2, 0) is 9.53 Å². The van der Waals surface area contributed by atoms with Crippen LogP contribution >= 0.6 is 23.2 Å². The van der Waals surface area contributed by atoms with Crippen LogP contribution in [0.15, 0.2) is 42.7 Å². The van der Waals surface area contributed by atoms with E-state index in [0.29, 0.717) is 42.0 Å². The Kier molecular flexibility index (Phi) is 5.68. The van der Waals surface area contributed by atoms with Gasteiger partial charge in [0.2, 0.25) is 5.91 Å². The van der Waals surface area contributed by atoms with Crippen molar-refractivity contribution in [1.82, 2.24) is 9.88 Å². The SMILES string of the molecule is O=C(Nc1cccnc1)C(c1ccc(Cl)cc1Cl)N1CCOCC1. The number of amides is 1. The van der Waals surface area contributed by atoms with E-state index in [1.54, 1.807) is 42.7 Å². The number of carbonyl (C=O) groups is 1. The van der Waals surface area contributed by atoms with Crippen LogP contribution in [0.25, 0.3) is 0 Å². The maximum Gasteiger partial charge on any atom is 0.246 e. The predicted molar refractivity (Wildman–Crippen MR) is 94.5 cm³/mol. The quantitative estimate of drug-likeness (QED) is 0.901. The normalized spacial score (nSPS) is 16.6. The number of halogens is 2. The highest BCUT2D eigenvalue weighted by Crippen LogP contribution is 2.31. The first-order valence-corrected chi connectivity index (χ1v) is 8.38. The van der Waals surface area contributed by atoms with Crippen LogP contribution in [0.3, 0.4) is 0 Å². The molecule has 1 aliphatic rings. The van der Waals surface area contributed by atoms with Gasteiger partial charge in [-0.15, -0.1) is 0 Å². The van der Waals surface area contributed by atoms with Gasteiger partial charge in [-0.2, -0.15) is 0 Å². The predicted octanol–water partition coefficient (Wildman–Crippen LogP) is 3.40. The first-order valence-electron chi connectivity index (χ1n) is 7.63. The summed E-state index contributed by atoms with van der Waals surface area (Å²) in [5, 5.41) is 3.92. The van der Waals surface area contributed by atoms with Gasteiger partial charge in [0.1, 0.15) is 6.04 Å². The number of rotatable bonds is 4. The van der Waals surface area contributed by atoms with Crippen molar-refractivity contribution in [2.75, 3.05) is 31.6 Å². The number of benzene rings is 1. The molecule has 0 saturated carbocycles. The Labute approximate surface area is 150 Å². The van der Waals surface area contributed by atoms with Crippen LogP contribution < -0.4 is 5.32 Å². The van der Waals surface area contributed by atoms with Crippen LogP contribution in [0.1, 0.15) is 11.6 Å². The second-order valence-corrected chi connectivity index (χ2v) is 6.29. The minimum atomic E-state index is -0.515. The molecular weight excluding hydrogens is 349 g/mol. The summed E-state index contributed by atoms with van der Waals surface area (Å²) in [7, 11) is 0. The highest BCUT2D eigenvalue weighted by atomic mass is 35.5. The van der Waals surface area contributed by atoms with Gasteiger partial charge in [0.15, 0.2) is 0 Å². The number of pyridine rings is 1. The van der Waals surface area contributed by atoms with E-state index in [9.17, 15) is 4.79 Å². The monoisotopic (exact) mass is 365 g/mol. The average Bonchev–Trinajstić information content (AvgIpc) is 2.59. The highest BCUT2D eigenvalue weighted by Gasteiger charge is 2.30. The molecule has 1 unspecified atom stereocenters. The molecule has 1 atom stereocenters. The average molecular weight is 366 g/mol. The standard InChI is InChI=1S/C17H17Cl2N3O2/c18-12-3-4-14(15(19)10-12)16(22-6-8-24-9-7-22)17(23)21-13-2-1-5-20-11-13/h1-5,10-11,16H,6-9H2,(H,21,23). The lowest BCUT2D eigenvalue weighted by Gasteiger charge is -2.34. The summed E-state index contributed by atoms with van der Waals surface area (Å²) in [5.74, 6) is -0.158. The van der Waals surface area contributed by atoms with Crippen molar-refractivity contribution in [3.05, 3.63) is 58.3 Å². The van der Waals surface area contributed by atoms with E-state index in [0.717, 1.165) is 5.56 Å². The Morgan fingerprint density at radius 1 is 1.25 bits per heavy atom. The number of morpholine rings is 1. The first kappa shape index (κ1) is 17.2. The van der Waals surface area contributed by atoms with E-state index in [4.69, 9.17) is 27.9 Å². The second kappa shape index (κ2) is 7.94. The zero-order chi connectivity index (χ0) is 16.9. The highest BCUT2D eigenvalue weighted by molar-refractivity contribution is 6.35. The number of aromatic nitrogens is 1. The summed E-state index contributed by atoms with van der Waals surface area (Å²) in [6.07, 6.45) is 3.27. The number of ether oxygens (including phenoxy) is 1. The molecule has 1 fully saturated rings. The summed E-state index contributed by atoms with van der Waals surface area (Å²) in [6, 6.07) is 8.25. The molecular formula is C17H17Cl2N3O2. The van der Waals surface area contributed by atoms with Gasteiger partial charge in [0.25, 0.3) is 0 Å². The molecule has 2 heterocycles. The molecule has 1 amide bonds. The molecule has 0 spiro atoms. The number of hydrogen-bond acceptors (Lipinski definition) is 4. The molecule has 7 heteroatoms. The summed E-state index contributed by atoms with van der Waals surface area (Å²) < 4.78 is 5.40. The molecule has 1 saturated heterocycles. The molecule has 0 bridgehead atoms. The third-order valence-electron chi connectivity index (χ3n) is 3.85. The Morgan fingerprint density at radius 2 is 2.04 bits per heavy atom. The van der Waals surface area contributed by atoms with Gasteiger partial charge in [0, 0.05) is 29.3 Å². The molecule has 1 aromatic heterocycles. The fourth-order valence-corrected chi connectivity index (χ4v) is 3.22. The lowest BCUT2D eigenvalue weighted by atomic mass is 10.0. The van der Waals surface area contributed by atoms with E-state index < -0.39 is 6.04 Å². The van der Waals surface area contributed by atoms with Gasteiger partial charge in [-0.3, -0.25) is 14.7 Å². The fraction of sp³-hybridized carbons (Fsp3) is 0.294. The van der Waals surface area contributed by atoms with Crippen molar-refractivity contribution in [2.45, 2.75) is 6.04 Å². The van der Waals surface area contributed by atoms with Crippen molar-refractivity contribution in [2.24, 2.45) is 0 Å². The molecule has 0 radical (unpaired) electrons. The van der Waals surface area contributed by atoms with E-state index >= 15 is 0 Å². The first-order chi connectivity index (χ1) is 11.6. The Bertz CT molecular complexity index is 706. The van der Waals surface area contributed by atoms with E-state index in [2.05, 4.69) is 15.2 Å². The van der Waals surface area contributed by atoms with Crippen molar-refractivity contribution in [1.29, 1.82) is 0 Å². The fourth-order valence-electron chi connectivity index (χ4n) is 2.71. The van der Waals surface area contributed by atoms with Gasteiger partial charge in [-0.05, 0) is 29.8 Å². The number of anilines is 1. The van der Waals surface area contributed by atoms with Gasteiger partial charge in [-0.1, -0.05) is 29.3 Å². The lowest BCUT2D eigenvalue weighted by Crippen LogP contribution is -2.44. The maximum atomic E-state index is 12.9. The topological polar surface area (TPSA) is 54.5 Å². The molecule has 0 aliphatic carbocycles. The molecule has 24 heavy (non-hydrogen) atoms.